The number of sulfonamides is 5. The fourth-order valence-electron chi connectivity index (χ4n) is 8.71. The Kier molecular flexibility index (Phi) is 24.2. The molecule has 452 valence electrons. The van der Waals surface area contributed by atoms with Crippen molar-refractivity contribution in [1.82, 2.24) is 26.2 Å². The fourth-order valence-corrected chi connectivity index (χ4v) is 17.5. The molecule has 1 heterocycles. The van der Waals surface area contributed by atoms with Crippen LogP contribution in [0.2, 0.25) is 0 Å². The summed E-state index contributed by atoms with van der Waals surface area (Å²) >= 11 is 0. The van der Waals surface area contributed by atoms with Crippen molar-refractivity contribution in [3.8, 4) is 0 Å². The summed E-state index contributed by atoms with van der Waals surface area (Å²) < 4.78 is 191. The van der Waals surface area contributed by atoms with E-state index in [-0.39, 0.29) is 103 Å². The molecular weight excluding hydrogens is 1180 g/mol. The van der Waals surface area contributed by atoms with Gasteiger partial charge in [0.2, 0.25) is 50.1 Å². The van der Waals surface area contributed by atoms with Gasteiger partial charge in [0.05, 0.1) is 64.1 Å². The Morgan fingerprint density at radius 3 is 0.744 bits per heavy atom. The summed E-state index contributed by atoms with van der Waals surface area (Å²) in [7, 11) is -26.1. The summed E-state index contributed by atoms with van der Waals surface area (Å²) in [6.45, 7) is 6.69. The average molecular weight is 1250 g/mol. The van der Waals surface area contributed by atoms with E-state index >= 15 is 0 Å². The molecule has 0 spiro atoms. The Morgan fingerprint density at radius 1 is 0.329 bits per heavy atom. The number of ether oxygens (including phenoxy) is 2. The van der Waals surface area contributed by atoms with E-state index in [4.69, 9.17) is 18.5 Å². The lowest BCUT2D eigenvalue weighted by atomic mass is 10.2. The van der Waals surface area contributed by atoms with Crippen LogP contribution in [0.5, 0.6) is 0 Å². The van der Waals surface area contributed by atoms with Gasteiger partial charge in [0.25, 0.3) is 0 Å². The summed E-state index contributed by atoms with van der Waals surface area (Å²) in [5.74, 6) is 0. The van der Waals surface area contributed by atoms with Crippen LogP contribution in [0, 0.1) is 34.6 Å². The molecule has 1 fully saturated rings. The SMILES string of the molecule is CCOP(=O)(OCC)N1CCOCCN(S(=O)(=O)c2ccc(C)cc2)CCN(S(=O)(=O)c2ccc(C)cc2)CCN(S(=O)(=O)c2ccc(C)cc2)CCOCCN(S(=O)(=O)c2ccc(C)cc2)CCN(S(=O)(=O)c2ccc(C)cc2)CC1. The first-order valence-corrected chi connectivity index (χ1v) is 35.6. The van der Waals surface area contributed by atoms with Crippen LogP contribution in [0.4, 0.5) is 0 Å². The fraction of sp³-hybridized carbons (Fsp3) is 0.455. The average Bonchev–Trinajstić information content (AvgIpc) is 3.49. The smallest absolute Gasteiger partial charge is 0.379 e. The van der Waals surface area contributed by atoms with Crippen LogP contribution >= 0.6 is 7.75 Å². The summed E-state index contributed by atoms with van der Waals surface area (Å²) in [6.07, 6.45) is 0. The van der Waals surface area contributed by atoms with Crippen LogP contribution in [0.3, 0.4) is 0 Å². The first-order valence-electron chi connectivity index (χ1n) is 26.9. The predicted octanol–water partition coefficient (Wildman–Crippen LogP) is 6.51. The van der Waals surface area contributed by atoms with Crippen LogP contribution in [0.1, 0.15) is 41.7 Å². The van der Waals surface area contributed by atoms with Crippen molar-refractivity contribution in [2.24, 2.45) is 0 Å². The van der Waals surface area contributed by atoms with Gasteiger partial charge in [-0.3, -0.25) is 9.05 Å². The van der Waals surface area contributed by atoms with Crippen LogP contribution in [0.25, 0.3) is 0 Å². The third-order valence-corrected chi connectivity index (χ3v) is 25.4. The maximum atomic E-state index is 14.7. The van der Waals surface area contributed by atoms with E-state index in [1.165, 1.54) is 65.3 Å². The van der Waals surface area contributed by atoms with E-state index in [1.54, 1.807) is 109 Å². The second-order valence-electron chi connectivity index (χ2n) is 19.6. The molecule has 0 unspecified atom stereocenters. The van der Waals surface area contributed by atoms with Crippen molar-refractivity contribution in [3.05, 3.63) is 149 Å². The number of aryl methyl sites for hydroxylation is 5. The molecule has 0 radical (unpaired) electrons. The van der Waals surface area contributed by atoms with E-state index < -0.39 is 97.1 Å². The second-order valence-corrected chi connectivity index (χ2v) is 31.3. The van der Waals surface area contributed by atoms with E-state index in [1.807, 2.05) is 0 Å². The molecule has 21 nitrogen and oxygen atoms in total. The molecule has 5 aromatic rings. The zero-order valence-corrected chi connectivity index (χ0v) is 52.5. The van der Waals surface area contributed by atoms with Crippen molar-refractivity contribution in [3.63, 3.8) is 0 Å². The Labute approximate surface area is 486 Å². The molecule has 1 aliphatic heterocycles. The highest BCUT2D eigenvalue weighted by Gasteiger charge is 2.37. The normalized spacial score (nSPS) is 18.0. The molecule has 0 aromatic heterocycles. The van der Waals surface area contributed by atoms with Crippen LogP contribution < -0.4 is 0 Å². The van der Waals surface area contributed by atoms with Gasteiger partial charge in [0, 0.05) is 78.5 Å². The maximum absolute atomic E-state index is 14.7. The highest BCUT2D eigenvalue weighted by Crippen LogP contribution is 2.51. The molecule has 6 rings (SSSR count). The molecular formula is C55H77N6O15PS5. The Bertz CT molecular complexity index is 3410. The van der Waals surface area contributed by atoms with Crippen molar-refractivity contribution >= 4 is 57.9 Å². The maximum Gasteiger partial charge on any atom is 0.408 e. The Hall–Kier alpha value is -4.32. The summed E-state index contributed by atoms with van der Waals surface area (Å²) in [5.41, 5.74) is 3.94. The third-order valence-electron chi connectivity index (χ3n) is 13.6. The minimum atomic E-state index is -4.45. The van der Waals surface area contributed by atoms with Gasteiger partial charge in [-0.2, -0.15) is 21.5 Å². The first kappa shape index (κ1) is 66.8. The largest absolute Gasteiger partial charge is 0.408 e. The Balaban J connectivity index is 1.44. The third kappa shape index (κ3) is 17.4. The van der Waals surface area contributed by atoms with Gasteiger partial charge in [0.1, 0.15) is 0 Å². The predicted molar refractivity (Wildman–Crippen MR) is 314 cm³/mol. The van der Waals surface area contributed by atoms with E-state index in [9.17, 15) is 46.7 Å². The summed E-state index contributed by atoms with van der Waals surface area (Å²) in [4.78, 5) is -0.425. The zero-order chi connectivity index (χ0) is 59.9. The van der Waals surface area contributed by atoms with Crippen LogP contribution in [0.15, 0.2) is 146 Å². The highest BCUT2D eigenvalue weighted by molar-refractivity contribution is 7.90. The van der Waals surface area contributed by atoms with Crippen molar-refractivity contribution in [1.29, 1.82) is 0 Å². The lowest BCUT2D eigenvalue weighted by Crippen LogP contribution is -2.46. The zero-order valence-electron chi connectivity index (χ0n) is 47.6. The molecule has 0 bridgehead atoms. The van der Waals surface area contributed by atoms with Crippen molar-refractivity contribution in [2.75, 3.05) is 118 Å². The lowest BCUT2D eigenvalue weighted by Gasteiger charge is -2.32. The van der Waals surface area contributed by atoms with Gasteiger partial charge in [0.15, 0.2) is 0 Å². The molecule has 0 N–H and O–H groups in total. The number of hydrogen-bond donors (Lipinski definition) is 0. The lowest BCUT2D eigenvalue weighted by molar-refractivity contribution is 0.0956. The van der Waals surface area contributed by atoms with Gasteiger partial charge >= 0.3 is 7.75 Å². The number of nitrogens with zero attached hydrogens (tertiary/aromatic N) is 6. The van der Waals surface area contributed by atoms with Gasteiger partial charge < -0.3 is 9.47 Å². The number of benzene rings is 5. The number of hydrogen-bond acceptors (Lipinski definition) is 15. The highest BCUT2D eigenvalue weighted by atomic mass is 32.2. The Morgan fingerprint density at radius 2 is 0.524 bits per heavy atom. The minimum Gasteiger partial charge on any atom is -0.379 e. The molecule has 82 heavy (non-hydrogen) atoms. The molecule has 0 aliphatic carbocycles. The monoisotopic (exact) mass is 1250 g/mol. The molecule has 0 atom stereocenters. The first-order chi connectivity index (χ1) is 38.7. The van der Waals surface area contributed by atoms with E-state index in [2.05, 4.69) is 0 Å². The van der Waals surface area contributed by atoms with Gasteiger partial charge in [-0.05, 0) is 109 Å². The summed E-state index contributed by atoms with van der Waals surface area (Å²) in [6, 6.07) is 30.6. The topological polar surface area (TPSA) is 244 Å². The van der Waals surface area contributed by atoms with Crippen LogP contribution in [-0.2, 0) is 73.2 Å². The van der Waals surface area contributed by atoms with E-state index in [0.29, 0.717) is 0 Å². The van der Waals surface area contributed by atoms with Gasteiger partial charge in [-0.15, -0.1) is 0 Å². The minimum absolute atomic E-state index is 0.0585. The number of rotatable bonds is 15. The van der Waals surface area contributed by atoms with E-state index in [0.717, 1.165) is 49.3 Å². The molecule has 0 amide bonds. The molecule has 27 heteroatoms. The van der Waals surface area contributed by atoms with Crippen molar-refractivity contribution < 1.29 is 65.2 Å². The second kappa shape index (κ2) is 29.7. The molecule has 5 aromatic carbocycles. The quantitative estimate of drug-likeness (QED) is 0.101. The molecule has 0 saturated carbocycles. The molecule has 1 aliphatic rings. The van der Waals surface area contributed by atoms with Gasteiger partial charge in [-0.1, -0.05) is 88.5 Å². The molecule has 1 saturated heterocycles. The van der Waals surface area contributed by atoms with Gasteiger partial charge in [-0.25, -0.2) is 51.3 Å². The standard InChI is InChI=1S/C55H77N6O15PS5/c1-8-75-77(62,76-9-2)56-30-31-57(78(63,64)51-20-10-46(3)11-21-51)32-35-59(80(67,68)53-24-14-48(5)15-25-53)40-44-74-45-41-61(82(71,72)55-28-18-50(7)19-29-55)37-34-58(79(65,66)52-22-12-47(4)13-23-52)33-36-60(39-43-73-42-38-56)81(69,70)54-26-16-49(6)17-27-54/h10-29H,8-9,30-45H2,1-7H3. The van der Waals surface area contributed by atoms with Crippen LogP contribution in [-0.4, -0.2) is 186 Å². The summed E-state index contributed by atoms with van der Waals surface area (Å²) in [5, 5.41) is 0. The van der Waals surface area contributed by atoms with Crippen molar-refractivity contribution in [2.45, 2.75) is 72.9 Å².